The number of ether oxygens (including phenoxy) is 3. The standard InChI is InChI=1S/C30H25N3O5S.C21H18N2O3/c1-16-32-21-13-18(8-10-23(21)39-16)37-12-11-30-14-24(34)29(2,38-30)25-26(30)28(36)33(27(25)35)22-9-7-17(15-31)19-5-3-4-6-20(19)22;1-2-21-10-9-16(26-21)17-18(21)20(25)23(19(17)24)15-8-7-12(11-22)13-5-3-4-6-14(13)15/h3-10,13,24-26,34H,11-12,14H2,1-2H3;3-8,16-18H,2,9-10H2,1H3/t24-,25-,26+,29-,30+;16-,17-,18+,21+/m00/s1. The second-order valence-corrected chi connectivity index (χ2v) is 19.4. The second-order valence-electron chi connectivity index (χ2n) is 18.2. The molecular formula is C51H43N5O8S. The van der Waals surface area contributed by atoms with Gasteiger partial charge >= 0.3 is 0 Å². The molecule has 6 aliphatic heterocycles. The van der Waals surface area contributed by atoms with Crippen molar-refractivity contribution in [3.05, 3.63) is 107 Å². The van der Waals surface area contributed by atoms with Crippen LogP contribution in [0.5, 0.6) is 5.75 Å². The van der Waals surface area contributed by atoms with E-state index in [-0.39, 0.29) is 54.6 Å². The fourth-order valence-corrected chi connectivity index (χ4v) is 12.9. The molecule has 0 radical (unpaired) electrons. The van der Waals surface area contributed by atoms with Gasteiger partial charge < -0.3 is 19.3 Å². The average Bonchev–Trinajstić information content (AvgIpc) is 4.17. The number of nitriles is 2. The number of aryl methyl sites for hydroxylation is 1. The van der Waals surface area contributed by atoms with Crippen molar-refractivity contribution in [3.63, 3.8) is 0 Å². The molecule has 12 rings (SSSR count). The summed E-state index contributed by atoms with van der Waals surface area (Å²) < 4.78 is 19.7. The number of carbonyl (C=O) groups excluding carboxylic acids is 4. The molecule has 4 bridgehead atoms. The van der Waals surface area contributed by atoms with Crippen molar-refractivity contribution in [2.24, 2.45) is 23.7 Å². The fourth-order valence-electron chi connectivity index (χ4n) is 12.1. The Kier molecular flexibility index (Phi) is 9.34. The number of aliphatic hydroxyl groups is 1. The van der Waals surface area contributed by atoms with Gasteiger partial charge in [0.1, 0.15) is 11.4 Å². The topological polar surface area (TPSA) is 183 Å². The Morgan fingerprint density at radius 3 is 2.03 bits per heavy atom. The number of aliphatic hydroxyl groups excluding tert-OH is 1. The molecule has 0 saturated carbocycles. The molecule has 1 aromatic heterocycles. The monoisotopic (exact) mass is 885 g/mol. The highest BCUT2D eigenvalue weighted by Crippen LogP contribution is 2.63. The SMILES string of the molecule is CC[C@]12CC[C@H](O1)[C@@H]1C(=O)N(c3ccc(C#N)c4ccccc34)C(=O)[C@@H]12.Cc1nc2cc(OCC[C@]34C[C@H](O)[C@](C)(O3)[C@@H]3C(=O)N(c5ccc(C#N)c6ccccc56)C(=O)[C@@H]34)ccc2s1. The van der Waals surface area contributed by atoms with E-state index in [1.54, 1.807) is 42.5 Å². The molecule has 1 N–H and O–H groups in total. The smallest absolute Gasteiger partial charge is 0.240 e. The van der Waals surface area contributed by atoms with Crippen LogP contribution in [0.4, 0.5) is 11.4 Å². The van der Waals surface area contributed by atoms with Crippen LogP contribution < -0.4 is 14.5 Å². The third-order valence-corrected chi connectivity index (χ3v) is 16.0. The lowest BCUT2D eigenvalue weighted by Gasteiger charge is -2.33. The van der Waals surface area contributed by atoms with Crippen LogP contribution in [0.25, 0.3) is 31.8 Å². The van der Waals surface area contributed by atoms with Gasteiger partial charge in [0, 0.05) is 40.5 Å². The highest BCUT2D eigenvalue weighted by molar-refractivity contribution is 7.18. The van der Waals surface area contributed by atoms with Crippen LogP contribution in [-0.4, -0.2) is 69.3 Å². The van der Waals surface area contributed by atoms with E-state index in [1.807, 2.05) is 80.6 Å². The van der Waals surface area contributed by atoms with Crippen LogP contribution in [0.3, 0.4) is 0 Å². The number of fused-ring (bicyclic) bond motifs is 13. The van der Waals surface area contributed by atoms with Gasteiger partial charge in [-0.3, -0.25) is 19.2 Å². The number of imide groups is 2. The Balaban J connectivity index is 0.000000156. The molecule has 9 atom stereocenters. The molecule has 6 aromatic rings. The van der Waals surface area contributed by atoms with Crippen molar-refractivity contribution in [2.75, 3.05) is 16.4 Å². The number of benzene rings is 5. The summed E-state index contributed by atoms with van der Waals surface area (Å²) in [5.74, 6) is -2.66. The minimum absolute atomic E-state index is 0.147. The number of aromatic nitrogens is 1. The van der Waals surface area contributed by atoms with E-state index in [9.17, 15) is 34.8 Å². The predicted molar refractivity (Wildman–Crippen MR) is 241 cm³/mol. The van der Waals surface area contributed by atoms with Crippen molar-refractivity contribution < 1.29 is 38.5 Å². The van der Waals surface area contributed by atoms with E-state index in [2.05, 4.69) is 17.1 Å². The number of rotatable bonds is 7. The number of carbonyl (C=O) groups is 4. The van der Waals surface area contributed by atoms with Crippen LogP contribution in [-0.2, 0) is 28.7 Å². The number of hydrogen-bond acceptors (Lipinski definition) is 12. The highest BCUT2D eigenvalue weighted by Gasteiger charge is 2.77. The summed E-state index contributed by atoms with van der Waals surface area (Å²) in [6.45, 7) is 5.98. The van der Waals surface area contributed by atoms with Crippen molar-refractivity contribution in [2.45, 2.75) is 81.9 Å². The van der Waals surface area contributed by atoms with Gasteiger partial charge in [-0.1, -0.05) is 55.5 Å². The lowest BCUT2D eigenvalue weighted by Crippen LogP contribution is -2.49. The van der Waals surface area contributed by atoms with Crippen LogP contribution in [0.15, 0.2) is 91.0 Å². The van der Waals surface area contributed by atoms with Crippen molar-refractivity contribution in [1.29, 1.82) is 10.5 Å². The first kappa shape index (κ1) is 41.2. The molecular weight excluding hydrogens is 843 g/mol. The minimum atomic E-state index is -1.18. The van der Waals surface area contributed by atoms with E-state index in [4.69, 9.17) is 14.2 Å². The summed E-state index contributed by atoms with van der Waals surface area (Å²) in [6, 6.07) is 31.5. The quantitative estimate of drug-likeness (QED) is 0.155. The molecule has 0 unspecified atom stereocenters. The van der Waals surface area contributed by atoms with E-state index >= 15 is 0 Å². The molecule has 65 heavy (non-hydrogen) atoms. The van der Waals surface area contributed by atoms with E-state index < -0.39 is 34.7 Å². The largest absolute Gasteiger partial charge is 0.493 e. The van der Waals surface area contributed by atoms with Crippen LogP contribution >= 0.6 is 11.3 Å². The molecule has 4 amide bonds. The van der Waals surface area contributed by atoms with Crippen LogP contribution in [0, 0.1) is 53.3 Å². The summed E-state index contributed by atoms with van der Waals surface area (Å²) in [6.07, 6.45) is 1.99. The summed E-state index contributed by atoms with van der Waals surface area (Å²) in [5.41, 5.74) is 0.223. The zero-order valence-corrected chi connectivity index (χ0v) is 36.6. The van der Waals surface area contributed by atoms with Gasteiger partial charge in [0.2, 0.25) is 23.6 Å². The van der Waals surface area contributed by atoms with E-state index in [1.165, 1.54) is 9.80 Å². The van der Waals surface area contributed by atoms with Gasteiger partial charge in [0.15, 0.2) is 0 Å². The first-order chi connectivity index (χ1) is 31.4. The molecule has 0 spiro atoms. The van der Waals surface area contributed by atoms with Gasteiger partial charge in [-0.2, -0.15) is 10.5 Å². The van der Waals surface area contributed by atoms with Gasteiger partial charge in [-0.15, -0.1) is 11.3 Å². The number of anilines is 2. The maximum Gasteiger partial charge on any atom is 0.240 e. The van der Waals surface area contributed by atoms with Gasteiger partial charge in [0.05, 0.1) is 104 Å². The van der Waals surface area contributed by atoms with Crippen molar-refractivity contribution in [3.8, 4) is 17.9 Å². The molecule has 6 fully saturated rings. The number of hydrogen-bond donors (Lipinski definition) is 1. The molecule has 0 aliphatic carbocycles. The van der Waals surface area contributed by atoms with Gasteiger partial charge in [0.25, 0.3) is 0 Å². The van der Waals surface area contributed by atoms with Crippen molar-refractivity contribution >= 4 is 78.1 Å². The third kappa shape index (κ3) is 5.80. The van der Waals surface area contributed by atoms with Crippen LogP contribution in [0.1, 0.15) is 62.1 Å². The fraction of sp³-hybridized carbons (Fsp3) is 0.353. The Morgan fingerprint density at radius 2 is 1.40 bits per heavy atom. The normalized spacial score (nSPS) is 30.6. The van der Waals surface area contributed by atoms with E-state index in [0.717, 1.165) is 45.3 Å². The molecule has 5 aromatic carbocycles. The number of thiazole rings is 1. The first-order valence-corrected chi connectivity index (χ1v) is 22.8. The Labute approximate surface area is 377 Å². The molecule has 7 heterocycles. The summed E-state index contributed by atoms with van der Waals surface area (Å²) in [5, 5.41) is 33.8. The molecule has 326 valence electrons. The second kappa shape index (κ2) is 14.7. The third-order valence-electron chi connectivity index (χ3n) is 15.1. The number of amides is 4. The molecule has 13 nitrogen and oxygen atoms in total. The Bertz CT molecular complexity index is 3160. The van der Waals surface area contributed by atoms with Crippen LogP contribution in [0.2, 0.25) is 0 Å². The summed E-state index contributed by atoms with van der Waals surface area (Å²) in [4.78, 5) is 61.6. The zero-order chi connectivity index (χ0) is 45.2. The summed E-state index contributed by atoms with van der Waals surface area (Å²) >= 11 is 1.62. The lowest BCUT2D eigenvalue weighted by molar-refractivity contribution is -0.134. The number of nitrogens with zero attached hydrogens (tertiary/aromatic N) is 5. The molecule has 14 heteroatoms. The van der Waals surface area contributed by atoms with Gasteiger partial charge in [-0.25, -0.2) is 14.8 Å². The Morgan fingerprint density at radius 1 is 0.800 bits per heavy atom. The van der Waals surface area contributed by atoms with Gasteiger partial charge in [-0.05, 0) is 69.5 Å². The highest BCUT2D eigenvalue weighted by atomic mass is 32.1. The Hall–Kier alpha value is -6.55. The average molecular weight is 886 g/mol. The van der Waals surface area contributed by atoms with Crippen molar-refractivity contribution in [1.82, 2.24) is 4.98 Å². The summed E-state index contributed by atoms with van der Waals surface area (Å²) in [7, 11) is 0. The molecule has 6 saturated heterocycles. The molecule has 6 aliphatic rings. The van der Waals surface area contributed by atoms with E-state index in [0.29, 0.717) is 45.4 Å². The first-order valence-electron chi connectivity index (χ1n) is 22.0. The zero-order valence-electron chi connectivity index (χ0n) is 35.8. The maximum absolute atomic E-state index is 14.1. The minimum Gasteiger partial charge on any atom is -0.493 e. The predicted octanol–water partition coefficient (Wildman–Crippen LogP) is 7.66. The maximum atomic E-state index is 14.1. The lowest BCUT2D eigenvalue weighted by atomic mass is 9.66.